The van der Waals surface area contributed by atoms with Crippen LogP contribution >= 0.6 is 56.7 Å². The summed E-state index contributed by atoms with van der Waals surface area (Å²) in [7, 11) is 0. The van der Waals surface area contributed by atoms with Gasteiger partial charge in [-0.3, -0.25) is 0 Å². The summed E-state index contributed by atoms with van der Waals surface area (Å²) in [4.78, 5) is 27.2. The Bertz CT molecular complexity index is 2170. The highest BCUT2D eigenvalue weighted by molar-refractivity contribution is 7.34. The van der Waals surface area contributed by atoms with Gasteiger partial charge >= 0.3 is 11.7 Å². The highest BCUT2D eigenvalue weighted by atomic mass is 32.1. The summed E-state index contributed by atoms with van der Waals surface area (Å²) in [5.41, 5.74) is 3.26. The van der Waals surface area contributed by atoms with Crippen LogP contribution in [0.4, 0.5) is 10.0 Å². The molecule has 0 aliphatic carbocycles. The molecule has 0 bridgehead atoms. The first-order valence-electron chi connectivity index (χ1n) is 11.0. The van der Waals surface area contributed by atoms with E-state index in [9.17, 15) is 0 Å². The van der Waals surface area contributed by atoms with E-state index < -0.39 is 0 Å². The van der Waals surface area contributed by atoms with Crippen molar-refractivity contribution in [3.8, 4) is 31.9 Å². The Morgan fingerprint density at radius 2 is 1.31 bits per heavy atom. The maximum Gasteiger partial charge on any atom is 0.350 e. The van der Waals surface area contributed by atoms with Crippen LogP contribution in [0.2, 0.25) is 0 Å². The van der Waals surface area contributed by atoms with Crippen molar-refractivity contribution < 1.29 is 0 Å². The third-order valence-corrected chi connectivity index (χ3v) is 11.6. The van der Waals surface area contributed by atoms with Crippen LogP contribution in [0.1, 0.15) is 11.1 Å². The number of nitriles is 2. The lowest BCUT2D eigenvalue weighted by Crippen LogP contribution is -1.82. The Morgan fingerprint density at radius 1 is 0.744 bits per heavy atom. The van der Waals surface area contributed by atoms with Gasteiger partial charge in [-0.2, -0.15) is 0 Å². The molecule has 6 rings (SSSR count). The molecule has 0 saturated heterocycles. The van der Waals surface area contributed by atoms with Gasteiger partial charge in [-0.15, -0.1) is 34.0 Å². The minimum Gasteiger partial charge on any atom is -0.351 e. The predicted octanol–water partition coefficient (Wildman–Crippen LogP) is 9.14. The monoisotopic (exact) mass is 594 g/mol. The Morgan fingerprint density at radius 3 is 1.87 bits per heavy atom. The van der Waals surface area contributed by atoms with Crippen LogP contribution < -0.4 is 0 Å². The van der Waals surface area contributed by atoms with Gasteiger partial charge in [0.25, 0.3) is 0 Å². The summed E-state index contributed by atoms with van der Waals surface area (Å²) in [6.45, 7) is 18.3. The van der Waals surface area contributed by atoms with E-state index in [0.29, 0.717) is 10.0 Å². The molecule has 0 aliphatic heterocycles. The summed E-state index contributed by atoms with van der Waals surface area (Å²) in [5.74, 6) is -0.371. The first kappa shape index (κ1) is 25.0. The average Bonchev–Trinajstić information content (AvgIpc) is 3.75. The van der Waals surface area contributed by atoms with Crippen LogP contribution in [0.15, 0.2) is 34.3 Å². The minimum absolute atomic E-state index is 0.185. The van der Waals surface area contributed by atoms with Crippen LogP contribution in [-0.4, -0.2) is 21.6 Å². The second-order valence-corrected chi connectivity index (χ2v) is 13.1. The number of aromatic nitrogens is 2. The van der Waals surface area contributed by atoms with Crippen LogP contribution in [0, 0.1) is 49.7 Å². The summed E-state index contributed by atoms with van der Waals surface area (Å²) in [6, 6.07) is 11.1. The molecule has 5 aromatic heterocycles. The van der Waals surface area contributed by atoms with Crippen molar-refractivity contribution in [3.05, 3.63) is 58.2 Å². The van der Waals surface area contributed by atoms with Gasteiger partial charge in [0.1, 0.15) is 27.0 Å². The Hall–Kier alpha value is -4.34. The van der Waals surface area contributed by atoms with Gasteiger partial charge in [0.2, 0.25) is 10.0 Å². The Balaban J connectivity index is 1.44. The lowest BCUT2D eigenvalue weighted by molar-refractivity contribution is 1.45. The predicted molar refractivity (Wildman–Crippen MR) is 163 cm³/mol. The number of thiazole rings is 2. The zero-order valence-corrected chi connectivity index (χ0v) is 24.0. The van der Waals surface area contributed by atoms with E-state index in [1.165, 1.54) is 32.8 Å². The number of aryl methyl sites for hydroxylation is 2. The van der Waals surface area contributed by atoms with Gasteiger partial charge < -0.3 is 9.69 Å². The van der Waals surface area contributed by atoms with Crippen LogP contribution in [0.25, 0.3) is 59.3 Å². The highest BCUT2D eigenvalue weighted by Gasteiger charge is 2.22. The van der Waals surface area contributed by atoms with E-state index in [1.807, 2.05) is 12.1 Å². The van der Waals surface area contributed by atoms with Crippen molar-refractivity contribution in [1.82, 2.24) is 9.97 Å². The van der Waals surface area contributed by atoms with Crippen molar-refractivity contribution in [2.75, 3.05) is 0 Å². The molecule has 0 unspecified atom stereocenters. The van der Waals surface area contributed by atoms with E-state index in [1.54, 1.807) is 58.3 Å². The molecule has 0 saturated carbocycles. The van der Waals surface area contributed by atoms with Crippen molar-refractivity contribution in [2.24, 2.45) is 9.98 Å². The zero-order chi connectivity index (χ0) is 27.3. The van der Waals surface area contributed by atoms with E-state index in [4.69, 9.17) is 33.6 Å². The molecule has 0 spiro atoms. The van der Waals surface area contributed by atoms with Gasteiger partial charge in [0.05, 0.1) is 24.7 Å². The largest absolute Gasteiger partial charge is 0.351 e. The number of thiophene rings is 3. The van der Waals surface area contributed by atoms with E-state index in [0.717, 1.165) is 50.6 Å². The highest BCUT2D eigenvalue weighted by Crippen LogP contribution is 2.49. The van der Waals surface area contributed by atoms with Gasteiger partial charge in [0, 0.05) is 10.1 Å². The number of rotatable bonds is 4. The molecule has 0 fully saturated rings. The van der Waals surface area contributed by atoms with E-state index >= 15 is 0 Å². The maximum atomic E-state index is 9.01. The lowest BCUT2D eigenvalue weighted by atomic mass is 10.1. The van der Waals surface area contributed by atoms with Crippen LogP contribution in [0.3, 0.4) is 0 Å². The molecular weight excluding hydrogens is 585 g/mol. The standard InChI is InChI=1S/C26H10N8S5/c1-11-19-21(37-26-23(19)39-25(34-26)14-6-8-18(36-14)32-16(10-28)30-4)12(2)20-22(11)38-24(33-20)13-5-7-17(35-13)31-15(9-27)29-3/h5-8H,1-2H3. The van der Waals surface area contributed by atoms with Gasteiger partial charge in [0.15, 0.2) is 0 Å². The topological polar surface area (TPSA) is 107 Å². The maximum absolute atomic E-state index is 9.01. The fourth-order valence-electron chi connectivity index (χ4n) is 4.01. The van der Waals surface area contributed by atoms with Gasteiger partial charge in [-0.1, -0.05) is 45.8 Å². The zero-order valence-electron chi connectivity index (χ0n) is 19.9. The molecule has 0 atom stereocenters. The van der Waals surface area contributed by atoms with Crippen molar-refractivity contribution >= 4 is 108 Å². The van der Waals surface area contributed by atoms with E-state index in [-0.39, 0.29) is 11.7 Å². The number of hydrogen-bond acceptors (Lipinski definition) is 11. The van der Waals surface area contributed by atoms with E-state index in [2.05, 4.69) is 33.5 Å². The average molecular weight is 595 g/mol. The lowest BCUT2D eigenvalue weighted by Gasteiger charge is -2.02. The normalized spacial score (nSPS) is 12.1. The fraction of sp³-hybridized carbons (Fsp3) is 0.0769. The smallest absolute Gasteiger partial charge is 0.350 e. The second kappa shape index (κ2) is 9.76. The molecule has 0 radical (unpaired) electrons. The quantitative estimate of drug-likeness (QED) is 0.115. The molecule has 8 nitrogen and oxygen atoms in total. The molecule has 13 heteroatoms. The molecule has 6 aromatic rings. The van der Waals surface area contributed by atoms with Crippen molar-refractivity contribution in [2.45, 2.75) is 13.8 Å². The molecule has 5 heterocycles. The summed E-state index contributed by atoms with van der Waals surface area (Å²) in [6.07, 6.45) is 0. The Kier molecular flexibility index (Phi) is 6.25. The first-order valence-corrected chi connectivity index (χ1v) is 15.1. The summed E-state index contributed by atoms with van der Waals surface area (Å²) >= 11 is 7.74. The first-order chi connectivity index (χ1) is 18.9. The third-order valence-electron chi connectivity index (χ3n) is 5.74. The molecule has 1 aromatic carbocycles. The Labute approximate surface area is 241 Å². The number of fused-ring (bicyclic) bond motifs is 4. The molecule has 39 heavy (non-hydrogen) atoms. The van der Waals surface area contributed by atoms with Gasteiger partial charge in [-0.05, 0) is 49.2 Å². The summed E-state index contributed by atoms with van der Waals surface area (Å²) < 4.78 is 3.44. The molecule has 0 aliphatic rings. The summed E-state index contributed by atoms with van der Waals surface area (Å²) in [5, 5.41) is 22.2. The fourth-order valence-corrected chi connectivity index (χ4v) is 9.58. The molecular formula is C26H10N8S5. The number of benzene rings is 1. The number of hydrogen-bond donors (Lipinski definition) is 0. The number of nitrogens with zero attached hydrogens (tertiary/aromatic N) is 8. The van der Waals surface area contributed by atoms with Crippen molar-refractivity contribution in [1.29, 1.82) is 10.5 Å². The molecule has 184 valence electrons. The van der Waals surface area contributed by atoms with Crippen molar-refractivity contribution in [3.63, 3.8) is 0 Å². The minimum atomic E-state index is -0.186. The van der Waals surface area contributed by atoms with Crippen LogP contribution in [-0.2, 0) is 0 Å². The van der Waals surface area contributed by atoms with Gasteiger partial charge in [-0.25, -0.2) is 20.5 Å². The second-order valence-electron chi connectivity index (χ2n) is 8.00. The van der Waals surface area contributed by atoms with Crippen LogP contribution in [0.5, 0.6) is 0 Å². The molecule has 0 amide bonds. The number of amidine groups is 2. The third kappa shape index (κ3) is 4.20. The number of aliphatic imine (C=N–C) groups is 2. The molecule has 0 N–H and O–H groups in total. The SMILES string of the molecule is [C-]#[N+]C(C#N)=Nc1ccc(-c2nc3c(C)c4sc5nc(-c6ccc(N=C(C#N)[N+]#[C-])s6)sc5c4c(C)c3s2)s1.